The molecule has 0 saturated carbocycles. The highest BCUT2D eigenvalue weighted by molar-refractivity contribution is 7.53. The maximum absolute atomic E-state index is 12.6. The van der Waals surface area contributed by atoms with Crippen LogP contribution >= 0.6 is 7.60 Å². The lowest BCUT2D eigenvalue weighted by molar-refractivity contribution is 0.0845. The van der Waals surface area contributed by atoms with E-state index in [4.69, 9.17) is 24.3 Å². The molecule has 25 heavy (non-hydrogen) atoms. The number of nitrogen functional groups attached to an aromatic ring is 1. The molecule has 0 radical (unpaired) electrons. The van der Waals surface area contributed by atoms with Crippen LogP contribution in [0.4, 0.5) is 11.8 Å². The molecule has 144 valence electrons. The highest BCUT2D eigenvalue weighted by Gasteiger charge is 2.28. The highest BCUT2D eigenvalue weighted by atomic mass is 31.2. The molecule has 1 aromatic rings. The van der Waals surface area contributed by atoms with E-state index in [0.29, 0.717) is 11.7 Å². The third-order valence-electron chi connectivity index (χ3n) is 2.63. The van der Waals surface area contributed by atoms with Crippen molar-refractivity contribution in [2.24, 2.45) is 0 Å². The van der Waals surface area contributed by atoms with Crippen molar-refractivity contribution in [1.82, 2.24) is 9.97 Å². The number of nitrogens with two attached hydrogens (primary N) is 1. The van der Waals surface area contributed by atoms with Gasteiger partial charge in [0, 0.05) is 20.2 Å². The molecule has 0 spiro atoms. The van der Waals surface area contributed by atoms with Crippen LogP contribution in [0.2, 0.25) is 0 Å². The SMILES string of the molecule is CC(C)OP(=O)(COCCOc1cc(N(C)C)nc(N)n1)OC(C)C. The molecular weight excluding hydrogens is 347 g/mol. The fourth-order valence-corrected chi connectivity index (χ4v) is 3.65. The van der Waals surface area contributed by atoms with Crippen molar-refractivity contribution >= 4 is 19.4 Å². The number of ether oxygens (including phenoxy) is 2. The van der Waals surface area contributed by atoms with E-state index in [-0.39, 0.29) is 37.7 Å². The van der Waals surface area contributed by atoms with Gasteiger partial charge in [0.25, 0.3) is 0 Å². The predicted molar refractivity (Wildman–Crippen MR) is 97.1 cm³/mol. The zero-order valence-corrected chi connectivity index (χ0v) is 16.7. The largest absolute Gasteiger partial charge is 0.475 e. The lowest BCUT2D eigenvalue weighted by atomic mass is 10.5. The van der Waals surface area contributed by atoms with Crippen LogP contribution in [-0.2, 0) is 18.3 Å². The topological polar surface area (TPSA) is 109 Å². The molecule has 0 amide bonds. The first-order valence-corrected chi connectivity index (χ1v) is 9.82. The highest BCUT2D eigenvalue weighted by Crippen LogP contribution is 2.50. The monoisotopic (exact) mass is 376 g/mol. The van der Waals surface area contributed by atoms with Gasteiger partial charge in [0.15, 0.2) is 0 Å². The third kappa shape index (κ3) is 8.49. The summed E-state index contributed by atoms with van der Waals surface area (Å²) in [5, 5.41) is 0. The Bertz CT molecular complexity index is 569. The summed E-state index contributed by atoms with van der Waals surface area (Å²) in [6.45, 7) is 7.59. The van der Waals surface area contributed by atoms with Crippen molar-refractivity contribution in [2.75, 3.05) is 44.3 Å². The molecule has 0 unspecified atom stereocenters. The van der Waals surface area contributed by atoms with Crippen LogP contribution in [0.3, 0.4) is 0 Å². The van der Waals surface area contributed by atoms with Crippen molar-refractivity contribution in [3.8, 4) is 5.88 Å². The van der Waals surface area contributed by atoms with Crippen LogP contribution in [0.15, 0.2) is 6.07 Å². The first-order chi connectivity index (χ1) is 11.6. The lowest BCUT2D eigenvalue weighted by Gasteiger charge is -2.22. The van der Waals surface area contributed by atoms with Crippen molar-refractivity contribution in [3.63, 3.8) is 0 Å². The minimum atomic E-state index is -3.30. The third-order valence-corrected chi connectivity index (χ3v) is 4.62. The Hall–Kier alpha value is -1.41. The average molecular weight is 376 g/mol. The number of aromatic nitrogens is 2. The molecule has 0 aliphatic carbocycles. The fraction of sp³-hybridized carbons (Fsp3) is 0.733. The standard InChI is InChI=1S/C15H29N4O5P/c1-11(2)23-25(20,24-12(3)4)10-21-7-8-22-14-9-13(19(5)6)17-15(16)18-14/h9,11-12H,7-8,10H2,1-6H3,(H2,16,17,18). The molecule has 0 fully saturated rings. The molecular formula is C15H29N4O5P. The second kappa shape index (κ2) is 9.91. The van der Waals surface area contributed by atoms with E-state index < -0.39 is 7.60 Å². The van der Waals surface area contributed by atoms with Gasteiger partial charge < -0.3 is 29.2 Å². The summed E-state index contributed by atoms with van der Waals surface area (Å²) in [6, 6.07) is 1.67. The first kappa shape index (κ1) is 21.6. The summed E-state index contributed by atoms with van der Waals surface area (Å²) in [6.07, 6.45) is -0.586. The summed E-state index contributed by atoms with van der Waals surface area (Å²) in [5.74, 6) is 1.12. The molecule has 2 N–H and O–H groups in total. The number of hydrogen-bond donors (Lipinski definition) is 1. The smallest absolute Gasteiger partial charge is 0.356 e. The minimum absolute atomic E-state index is 0.127. The summed E-state index contributed by atoms with van der Waals surface area (Å²) in [7, 11) is 0.383. The van der Waals surface area contributed by atoms with Gasteiger partial charge in [-0.25, -0.2) is 0 Å². The van der Waals surface area contributed by atoms with E-state index >= 15 is 0 Å². The molecule has 1 heterocycles. The van der Waals surface area contributed by atoms with Gasteiger partial charge in [-0.05, 0) is 27.7 Å². The Kier molecular flexibility index (Phi) is 8.58. The molecule has 0 bridgehead atoms. The van der Waals surface area contributed by atoms with Gasteiger partial charge in [-0.15, -0.1) is 0 Å². The summed E-state index contributed by atoms with van der Waals surface area (Å²) in [5.41, 5.74) is 5.65. The van der Waals surface area contributed by atoms with Crippen molar-refractivity contribution in [3.05, 3.63) is 6.07 Å². The van der Waals surface area contributed by atoms with Gasteiger partial charge in [0.05, 0.1) is 18.8 Å². The van der Waals surface area contributed by atoms with Crippen LogP contribution in [0.25, 0.3) is 0 Å². The quantitative estimate of drug-likeness (QED) is 0.460. The van der Waals surface area contributed by atoms with Crippen molar-refractivity contribution in [2.45, 2.75) is 39.9 Å². The van der Waals surface area contributed by atoms with Gasteiger partial charge in [0.1, 0.15) is 18.8 Å². The summed E-state index contributed by atoms with van der Waals surface area (Å²) in [4.78, 5) is 9.87. The number of hydrogen-bond acceptors (Lipinski definition) is 9. The number of rotatable bonds is 11. The molecule has 9 nitrogen and oxygen atoms in total. The molecule has 0 aliphatic heterocycles. The Morgan fingerprint density at radius 1 is 1.12 bits per heavy atom. The maximum atomic E-state index is 12.6. The van der Waals surface area contributed by atoms with Gasteiger partial charge in [-0.2, -0.15) is 9.97 Å². The molecule has 1 aromatic heterocycles. The van der Waals surface area contributed by atoms with Gasteiger partial charge in [-0.1, -0.05) is 0 Å². The first-order valence-electron chi connectivity index (χ1n) is 8.09. The Labute approximate surface area is 149 Å². The van der Waals surface area contributed by atoms with E-state index in [9.17, 15) is 4.57 Å². The van der Waals surface area contributed by atoms with Crippen LogP contribution in [0.5, 0.6) is 5.88 Å². The molecule has 10 heteroatoms. The van der Waals surface area contributed by atoms with Crippen molar-refractivity contribution < 1.29 is 23.1 Å². The number of nitrogens with zero attached hydrogens (tertiary/aromatic N) is 3. The Morgan fingerprint density at radius 2 is 1.72 bits per heavy atom. The van der Waals surface area contributed by atoms with Crippen LogP contribution in [0.1, 0.15) is 27.7 Å². The molecule has 0 atom stereocenters. The van der Waals surface area contributed by atoms with E-state index in [2.05, 4.69) is 9.97 Å². The zero-order chi connectivity index (χ0) is 19.0. The van der Waals surface area contributed by atoms with Crippen LogP contribution < -0.4 is 15.4 Å². The second-order valence-corrected chi connectivity index (χ2v) is 8.02. The van der Waals surface area contributed by atoms with Crippen LogP contribution in [0, 0.1) is 0 Å². The lowest BCUT2D eigenvalue weighted by Crippen LogP contribution is -2.15. The normalized spacial score (nSPS) is 12.0. The minimum Gasteiger partial charge on any atom is -0.475 e. The molecule has 1 rings (SSSR count). The molecule has 0 aliphatic rings. The van der Waals surface area contributed by atoms with Crippen molar-refractivity contribution in [1.29, 1.82) is 0 Å². The average Bonchev–Trinajstić information content (AvgIpc) is 2.44. The fourth-order valence-electron chi connectivity index (χ4n) is 1.84. The van der Waals surface area contributed by atoms with Gasteiger partial charge >= 0.3 is 7.60 Å². The van der Waals surface area contributed by atoms with E-state index in [1.807, 2.05) is 14.1 Å². The second-order valence-electron chi connectivity index (χ2n) is 6.12. The number of anilines is 2. The van der Waals surface area contributed by atoms with Gasteiger partial charge in [-0.3, -0.25) is 4.57 Å². The predicted octanol–water partition coefficient (Wildman–Crippen LogP) is 2.52. The molecule has 0 aromatic carbocycles. The van der Waals surface area contributed by atoms with E-state index in [0.717, 1.165) is 0 Å². The summed E-state index contributed by atoms with van der Waals surface area (Å²) < 4.78 is 34.3. The van der Waals surface area contributed by atoms with Gasteiger partial charge in [0.2, 0.25) is 11.8 Å². The van der Waals surface area contributed by atoms with E-state index in [1.54, 1.807) is 38.7 Å². The zero-order valence-electron chi connectivity index (χ0n) is 15.8. The van der Waals surface area contributed by atoms with E-state index in [1.165, 1.54) is 0 Å². The Morgan fingerprint density at radius 3 is 2.24 bits per heavy atom. The summed E-state index contributed by atoms with van der Waals surface area (Å²) >= 11 is 0. The molecule has 0 saturated heterocycles. The van der Waals surface area contributed by atoms with Crippen LogP contribution in [-0.4, -0.2) is 55.8 Å². The maximum Gasteiger partial charge on any atom is 0.356 e. The Balaban J connectivity index is 2.48.